The van der Waals surface area contributed by atoms with Crippen LogP contribution in [0.2, 0.25) is 0 Å². The van der Waals surface area contributed by atoms with Crippen LogP contribution < -0.4 is 15.0 Å². The van der Waals surface area contributed by atoms with Crippen molar-refractivity contribution in [2.75, 3.05) is 70.9 Å². The van der Waals surface area contributed by atoms with Gasteiger partial charge in [-0.15, -0.1) is 0 Å². The minimum absolute atomic E-state index is 0.840. The van der Waals surface area contributed by atoms with Crippen LogP contribution in [0.4, 0.5) is 5.69 Å². The molecule has 0 saturated carbocycles. The molecule has 2 saturated heterocycles. The second kappa shape index (κ2) is 11.3. The molecule has 0 bridgehead atoms. The van der Waals surface area contributed by atoms with E-state index in [1.54, 1.807) is 7.11 Å². The van der Waals surface area contributed by atoms with Gasteiger partial charge in [0.1, 0.15) is 5.75 Å². The fraction of sp³-hybridized carbons (Fsp3) is 0.696. The number of nitrogens with zero attached hydrogens (tertiary/aromatic N) is 4. The first-order valence-corrected chi connectivity index (χ1v) is 11.4. The van der Waals surface area contributed by atoms with Crippen molar-refractivity contribution < 1.29 is 4.74 Å². The maximum atomic E-state index is 5.54. The van der Waals surface area contributed by atoms with Gasteiger partial charge in [-0.1, -0.05) is 19.1 Å². The standard InChI is InChI=1S/C23H39N5O/c1-4-24-23(25-13-10-20-11-14-26(5-2)15-12-20)28-18-16-27(17-19-28)21-8-6-7-9-22(21)29-3/h6-9,20H,4-5,10-19H2,1-3H3,(H,24,25). The first-order chi connectivity index (χ1) is 14.2. The zero-order valence-electron chi connectivity index (χ0n) is 18.6. The summed E-state index contributed by atoms with van der Waals surface area (Å²) in [6, 6.07) is 8.30. The average Bonchev–Trinajstić information content (AvgIpc) is 2.79. The monoisotopic (exact) mass is 401 g/mol. The van der Waals surface area contributed by atoms with Gasteiger partial charge in [0.2, 0.25) is 0 Å². The zero-order chi connectivity index (χ0) is 20.5. The number of likely N-dealkylation sites (tertiary alicyclic amines) is 1. The lowest BCUT2D eigenvalue weighted by Crippen LogP contribution is -2.52. The number of methoxy groups -OCH3 is 1. The summed E-state index contributed by atoms with van der Waals surface area (Å²) in [6.07, 6.45) is 3.88. The summed E-state index contributed by atoms with van der Waals surface area (Å²) in [4.78, 5) is 12.4. The van der Waals surface area contributed by atoms with Crippen molar-refractivity contribution in [2.45, 2.75) is 33.1 Å². The molecular weight excluding hydrogens is 362 g/mol. The van der Waals surface area contributed by atoms with Crippen LogP contribution in [-0.2, 0) is 0 Å². The molecule has 1 N–H and O–H groups in total. The van der Waals surface area contributed by atoms with E-state index in [1.165, 1.54) is 44.6 Å². The van der Waals surface area contributed by atoms with Crippen molar-refractivity contribution in [3.05, 3.63) is 24.3 Å². The van der Waals surface area contributed by atoms with Gasteiger partial charge in [-0.2, -0.15) is 0 Å². The van der Waals surface area contributed by atoms with Crippen molar-refractivity contribution in [2.24, 2.45) is 10.9 Å². The molecule has 2 aliphatic rings. The van der Waals surface area contributed by atoms with Gasteiger partial charge in [0, 0.05) is 39.3 Å². The molecule has 0 radical (unpaired) electrons. The van der Waals surface area contributed by atoms with E-state index in [-0.39, 0.29) is 0 Å². The molecule has 6 heteroatoms. The van der Waals surface area contributed by atoms with Crippen LogP contribution >= 0.6 is 0 Å². The van der Waals surface area contributed by atoms with Gasteiger partial charge < -0.3 is 24.8 Å². The molecule has 29 heavy (non-hydrogen) atoms. The summed E-state index contributed by atoms with van der Waals surface area (Å²) >= 11 is 0. The van der Waals surface area contributed by atoms with Gasteiger partial charge >= 0.3 is 0 Å². The van der Waals surface area contributed by atoms with Crippen LogP contribution in [-0.4, -0.2) is 81.8 Å². The molecule has 0 amide bonds. The second-order valence-corrected chi connectivity index (χ2v) is 8.05. The van der Waals surface area contributed by atoms with Gasteiger partial charge in [0.05, 0.1) is 12.8 Å². The Morgan fingerprint density at radius 2 is 1.79 bits per heavy atom. The number of guanidine groups is 1. The van der Waals surface area contributed by atoms with E-state index in [0.717, 1.165) is 56.9 Å². The quantitative estimate of drug-likeness (QED) is 0.562. The fourth-order valence-corrected chi connectivity index (χ4v) is 4.42. The van der Waals surface area contributed by atoms with Gasteiger partial charge in [0.15, 0.2) is 5.96 Å². The molecule has 3 rings (SSSR count). The number of aliphatic imine (C=N–C) groups is 1. The summed E-state index contributed by atoms with van der Waals surface area (Å²) in [7, 11) is 1.75. The Morgan fingerprint density at radius 3 is 2.45 bits per heavy atom. The van der Waals surface area contributed by atoms with E-state index < -0.39 is 0 Å². The number of para-hydroxylation sites is 2. The van der Waals surface area contributed by atoms with Crippen molar-refractivity contribution in [3.8, 4) is 5.75 Å². The highest BCUT2D eigenvalue weighted by Gasteiger charge is 2.22. The largest absolute Gasteiger partial charge is 0.495 e. The number of hydrogen-bond donors (Lipinski definition) is 1. The number of nitrogens with one attached hydrogen (secondary N) is 1. The van der Waals surface area contributed by atoms with Crippen LogP contribution in [0.25, 0.3) is 0 Å². The summed E-state index contributed by atoms with van der Waals surface area (Å²) in [5, 5.41) is 3.51. The summed E-state index contributed by atoms with van der Waals surface area (Å²) in [5.41, 5.74) is 1.19. The first kappa shape index (κ1) is 21.8. The van der Waals surface area contributed by atoms with E-state index in [1.807, 2.05) is 12.1 Å². The van der Waals surface area contributed by atoms with E-state index in [2.05, 4.69) is 46.0 Å². The molecule has 2 aliphatic heterocycles. The van der Waals surface area contributed by atoms with Gasteiger partial charge in [0.25, 0.3) is 0 Å². The number of anilines is 1. The maximum Gasteiger partial charge on any atom is 0.194 e. The van der Waals surface area contributed by atoms with Crippen LogP contribution in [0, 0.1) is 5.92 Å². The van der Waals surface area contributed by atoms with Crippen molar-refractivity contribution >= 4 is 11.6 Å². The molecule has 6 nitrogen and oxygen atoms in total. The first-order valence-electron chi connectivity index (χ1n) is 11.4. The minimum atomic E-state index is 0.840. The Kier molecular flexibility index (Phi) is 8.47. The summed E-state index contributed by atoms with van der Waals surface area (Å²) in [5.74, 6) is 2.88. The van der Waals surface area contributed by atoms with E-state index in [0.29, 0.717) is 0 Å². The third kappa shape index (κ3) is 6.01. The summed E-state index contributed by atoms with van der Waals surface area (Å²) in [6.45, 7) is 13.9. The molecule has 0 atom stereocenters. The van der Waals surface area contributed by atoms with Gasteiger partial charge in [-0.3, -0.25) is 4.99 Å². The van der Waals surface area contributed by atoms with Crippen LogP contribution in [0.1, 0.15) is 33.1 Å². The number of benzene rings is 1. The van der Waals surface area contributed by atoms with Crippen molar-refractivity contribution in [1.29, 1.82) is 0 Å². The topological polar surface area (TPSA) is 43.3 Å². The Hall–Kier alpha value is -1.95. The van der Waals surface area contributed by atoms with E-state index in [4.69, 9.17) is 9.73 Å². The normalized spacial score (nSPS) is 19.5. The number of hydrogen-bond acceptors (Lipinski definition) is 4. The molecule has 0 aliphatic carbocycles. The predicted octanol–water partition coefficient (Wildman–Crippen LogP) is 2.90. The van der Waals surface area contributed by atoms with Crippen molar-refractivity contribution in [1.82, 2.24) is 15.1 Å². The van der Waals surface area contributed by atoms with Crippen LogP contribution in [0.15, 0.2) is 29.3 Å². The van der Waals surface area contributed by atoms with E-state index in [9.17, 15) is 0 Å². The molecule has 0 unspecified atom stereocenters. The zero-order valence-corrected chi connectivity index (χ0v) is 18.6. The number of ether oxygens (including phenoxy) is 1. The summed E-state index contributed by atoms with van der Waals surface area (Å²) < 4.78 is 5.54. The highest BCUT2D eigenvalue weighted by molar-refractivity contribution is 5.80. The molecule has 2 heterocycles. The van der Waals surface area contributed by atoms with Crippen LogP contribution in [0.5, 0.6) is 5.75 Å². The molecular formula is C23H39N5O. The fourth-order valence-electron chi connectivity index (χ4n) is 4.42. The Labute approximate surface area is 176 Å². The van der Waals surface area contributed by atoms with Gasteiger partial charge in [-0.25, -0.2) is 0 Å². The maximum absolute atomic E-state index is 5.54. The molecule has 0 aromatic heterocycles. The number of piperidine rings is 1. The molecule has 0 spiro atoms. The Balaban J connectivity index is 1.50. The molecule has 162 valence electrons. The molecule has 2 fully saturated rings. The smallest absolute Gasteiger partial charge is 0.194 e. The number of piperazine rings is 1. The molecule has 1 aromatic carbocycles. The Bertz CT molecular complexity index is 634. The predicted molar refractivity (Wildman–Crippen MR) is 122 cm³/mol. The van der Waals surface area contributed by atoms with Crippen molar-refractivity contribution in [3.63, 3.8) is 0 Å². The van der Waals surface area contributed by atoms with Crippen LogP contribution in [0.3, 0.4) is 0 Å². The second-order valence-electron chi connectivity index (χ2n) is 8.05. The third-order valence-electron chi connectivity index (χ3n) is 6.29. The lowest BCUT2D eigenvalue weighted by molar-refractivity contribution is 0.188. The highest BCUT2D eigenvalue weighted by atomic mass is 16.5. The Morgan fingerprint density at radius 1 is 1.07 bits per heavy atom. The lowest BCUT2D eigenvalue weighted by atomic mass is 9.94. The minimum Gasteiger partial charge on any atom is -0.495 e. The average molecular weight is 402 g/mol. The molecule has 1 aromatic rings. The lowest BCUT2D eigenvalue weighted by Gasteiger charge is -2.38. The SMILES string of the molecule is CCNC(=NCCC1CCN(CC)CC1)N1CCN(c2ccccc2OC)CC1. The third-order valence-corrected chi connectivity index (χ3v) is 6.29. The highest BCUT2D eigenvalue weighted by Crippen LogP contribution is 2.28. The van der Waals surface area contributed by atoms with Gasteiger partial charge in [-0.05, 0) is 63.9 Å². The van der Waals surface area contributed by atoms with E-state index >= 15 is 0 Å². The number of rotatable bonds is 7.